The van der Waals surface area contributed by atoms with Crippen molar-refractivity contribution in [3.05, 3.63) is 132 Å². The Bertz CT molecular complexity index is 1890. The van der Waals surface area contributed by atoms with Gasteiger partial charge < -0.3 is 0 Å². The molecule has 0 saturated heterocycles. The van der Waals surface area contributed by atoms with Gasteiger partial charge in [0.2, 0.25) is 0 Å². The van der Waals surface area contributed by atoms with Gasteiger partial charge in [0.15, 0.2) is 0 Å². The molecule has 0 unspecified atom stereocenters. The highest BCUT2D eigenvalue weighted by Crippen LogP contribution is 2.52. The fourth-order valence-corrected chi connectivity index (χ4v) is 6.79. The summed E-state index contributed by atoms with van der Waals surface area (Å²) in [4.78, 5) is 0. The zero-order valence-corrected chi connectivity index (χ0v) is 21.0. The minimum atomic E-state index is 0.000867. The molecule has 0 saturated carbocycles. The maximum Gasteiger partial charge on any atom is 0.0159 e. The molecule has 0 aliphatic heterocycles. The molecular weight excluding hydrogens is 444 g/mol. The highest BCUT2D eigenvalue weighted by Gasteiger charge is 2.35. The van der Waals surface area contributed by atoms with E-state index in [0.29, 0.717) is 0 Å². The predicted octanol–water partition coefficient (Wildman–Crippen LogP) is 10.1. The van der Waals surface area contributed by atoms with E-state index in [4.69, 9.17) is 0 Å². The van der Waals surface area contributed by atoms with Crippen LogP contribution >= 0.6 is 0 Å². The molecule has 0 amide bonds. The lowest BCUT2D eigenvalue weighted by molar-refractivity contribution is 0.660. The van der Waals surface area contributed by atoms with Crippen molar-refractivity contribution in [2.24, 2.45) is 0 Å². The number of rotatable bonds is 2. The largest absolute Gasteiger partial charge is 0.0622 e. The van der Waals surface area contributed by atoms with E-state index >= 15 is 0 Å². The summed E-state index contributed by atoms with van der Waals surface area (Å²) >= 11 is 0. The van der Waals surface area contributed by atoms with Gasteiger partial charge in [-0.15, -0.1) is 0 Å². The average molecular weight is 471 g/mol. The molecular formula is C37H26. The third-order valence-electron chi connectivity index (χ3n) is 8.64. The van der Waals surface area contributed by atoms with Crippen molar-refractivity contribution in [3.63, 3.8) is 0 Å². The lowest BCUT2D eigenvalue weighted by Gasteiger charge is -2.22. The van der Waals surface area contributed by atoms with Gasteiger partial charge >= 0.3 is 0 Å². The quantitative estimate of drug-likeness (QED) is 0.236. The molecule has 6 aromatic carbocycles. The fraction of sp³-hybridized carbons (Fsp3) is 0.0811. The molecule has 174 valence electrons. The number of hydrogen-bond acceptors (Lipinski definition) is 0. The molecule has 0 bridgehead atoms. The maximum atomic E-state index is 2.44. The zero-order chi connectivity index (χ0) is 24.7. The van der Waals surface area contributed by atoms with Gasteiger partial charge in [-0.1, -0.05) is 123 Å². The number of fused-ring (bicyclic) bond motifs is 6. The monoisotopic (exact) mass is 470 g/mol. The normalized spacial score (nSPS) is 13.9. The van der Waals surface area contributed by atoms with Crippen molar-refractivity contribution in [1.29, 1.82) is 0 Å². The first kappa shape index (κ1) is 20.7. The van der Waals surface area contributed by atoms with Crippen LogP contribution in [0.15, 0.2) is 121 Å². The predicted molar refractivity (Wildman–Crippen MR) is 157 cm³/mol. The van der Waals surface area contributed by atoms with Crippen molar-refractivity contribution < 1.29 is 0 Å². The minimum Gasteiger partial charge on any atom is -0.0622 e. The topological polar surface area (TPSA) is 0 Å². The van der Waals surface area contributed by atoms with E-state index in [-0.39, 0.29) is 5.41 Å². The molecule has 2 aliphatic rings. The van der Waals surface area contributed by atoms with Crippen LogP contribution in [0, 0.1) is 0 Å². The summed E-state index contributed by atoms with van der Waals surface area (Å²) in [5, 5.41) is 2.71. The van der Waals surface area contributed by atoms with Crippen LogP contribution in [0.25, 0.3) is 66.4 Å². The van der Waals surface area contributed by atoms with Crippen molar-refractivity contribution in [2.45, 2.75) is 19.3 Å². The smallest absolute Gasteiger partial charge is 0.0159 e. The summed E-state index contributed by atoms with van der Waals surface area (Å²) in [6.07, 6.45) is 0. The van der Waals surface area contributed by atoms with E-state index in [1.54, 1.807) is 0 Å². The molecule has 0 aromatic heterocycles. The van der Waals surface area contributed by atoms with Crippen LogP contribution in [0.4, 0.5) is 0 Å². The molecule has 0 N–H and O–H groups in total. The summed E-state index contributed by atoms with van der Waals surface area (Å²) in [6.45, 7) is 4.71. The van der Waals surface area contributed by atoms with E-state index in [2.05, 4.69) is 135 Å². The Morgan fingerprint density at radius 3 is 1.92 bits per heavy atom. The molecule has 0 spiro atoms. The minimum absolute atomic E-state index is 0.000867. The zero-order valence-electron chi connectivity index (χ0n) is 21.0. The molecule has 8 rings (SSSR count). The molecule has 0 fully saturated rings. The average Bonchev–Trinajstić information content (AvgIpc) is 3.39. The van der Waals surface area contributed by atoms with Crippen LogP contribution in [-0.2, 0) is 5.41 Å². The number of hydrogen-bond donors (Lipinski definition) is 0. The van der Waals surface area contributed by atoms with Crippen LogP contribution in [0.2, 0.25) is 0 Å². The van der Waals surface area contributed by atoms with Gasteiger partial charge in [-0.2, -0.15) is 0 Å². The van der Waals surface area contributed by atoms with Crippen molar-refractivity contribution in [1.82, 2.24) is 0 Å². The molecule has 37 heavy (non-hydrogen) atoms. The Balaban J connectivity index is 1.31. The molecule has 0 heterocycles. The molecule has 0 nitrogen and oxygen atoms in total. The van der Waals surface area contributed by atoms with Gasteiger partial charge in [0, 0.05) is 5.41 Å². The van der Waals surface area contributed by atoms with Gasteiger partial charge in [0.25, 0.3) is 0 Å². The first-order valence-corrected chi connectivity index (χ1v) is 13.1. The molecule has 6 aromatic rings. The molecule has 0 atom stereocenters. The third-order valence-corrected chi connectivity index (χ3v) is 8.64. The number of benzene rings is 6. The molecule has 0 radical (unpaired) electrons. The highest BCUT2D eigenvalue weighted by atomic mass is 14.4. The highest BCUT2D eigenvalue weighted by molar-refractivity contribution is 6.19. The van der Waals surface area contributed by atoms with Crippen molar-refractivity contribution in [2.75, 3.05) is 0 Å². The SMILES string of the molecule is CC1(C)c2ccccc2-c2ccc(-c3ccc4c5c(cccc35)-c3ccc(-c5ccccc5)cc3-4)cc21. The second-order valence-corrected chi connectivity index (χ2v) is 10.9. The Kier molecular flexibility index (Phi) is 4.10. The van der Waals surface area contributed by atoms with Gasteiger partial charge in [0.1, 0.15) is 0 Å². The van der Waals surface area contributed by atoms with E-state index < -0.39 is 0 Å². The lowest BCUT2D eigenvalue weighted by Crippen LogP contribution is -2.14. The van der Waals surface area contributed by atoms with Gasteiger partial charge in [-0.3, -0.25) is 0 Å². The van der Waals surface area contributed by atoms with E-state index in [9.17, 15) is 0 Å². The first-order chi connectivity index (χ1) is 18.1. The van der Waals surface area contributed by atoms with Crippen LogP contribution in [0.3, 0.4) is 0 Å². The van der Waals surface area contributed by atoms with Crippen LogP contribution in [0.1, 0.15) is 25.0 Å². The molecule has 2 aliphatic carbocycles. The second-order valence-electron chi connectivity index (χ2n) is 10.9. The molecule has 0 heteroatoms. The lowest BCUT2D eigenvalue weighted by atomic mass is 9.81. The summed E-state index contributed by atoms with van der Waals surface area (Å²) in [5.41, 5.74) is 16.1. The maximum absolute atomic E-state index is 2.44. The van der Waals surface area contributed by atoms with Crippen LogP contribution < -0.4 is 0 Å². The van der Waals surface area contributed by atoms with Crippen LogP contribution in [-0.4, -0.2) is 0 Å². The Morgan fingerprint density at radius 1 is 0.378 bits per heavy atom. The Labute approximate surface area is 217 Å². The van der Waals surface area contributed by atoms with Gasteiger partial charge in [-0.05, 0) is 89.7 Å². The van der Waals surface area contributed by atoms with E-state index in [0.717, 1.165) is 0 Å². The van der Waals surface area contributed by atoms with Gasteiger partial charge in [-0.25, -0.2) is 0 Å². The van der Waals surface area contributed by atoms with E-state index in [1.807, 2.05) is 0 Å². The summed E-state index contributed by atoms with van der Waals surface area (Å²) in [6, 6.07) is 45.1. The fourth-order valence-electron chi connectivity index (χ4n) is 6.79. The summed E-state index contributed by atoms with van der Waals surface area (Å²) in [7, 11) is 0. The van der Waals surface area contributed by atoms with Gasteiger partial charge in [0.05, 0.1) is 0 Å². The third kappa shape index (κ3) is 2.79. The first-order valence-electron chi connectivity index (χ1n) is 13.1. The summed E-state index contributed by atoms with van der Waals surface area (Å²) < 4.78 is 0. The Morgan fingerprint density at radius 2 is 1.03 bits per heavy atom. The summed E-state index contributed by atoms with van der Waals surface area (Å²) in [5.74, 6) is 0. The Hall–Kier alpha value is -4.42. The second kappa shape index (κ2) is 7.31. The van der Waals surface area contributed by atoms with Crippen molar-refractivity contribution in [3.8, 4) is 55.6 Å². The standard InChI is InChI=1S/C37H26/c1-37(2)34-14-7-6-11-28(34)29-18-16-25(22-35(29)37)26-19-20-32-33-21-24(23-9-4-3-5-10-23)15-17-27(33)31-13-8-12-30(26)36(31)32/h3-22H,1-2H3. The van der Waals surface area contributed by atoms with Crippen molar-refractivity contribution >= 4 is 10.8 Å². The van der Waals surface area contributed by atoms with Crippen LogP contribution in [0.5, 0.6) is 0 Å². The van der Waals surface area contributed by atoms with E-state index in [1.165, 1.54) is 77.5 Å².